The minimum Gasteiger partial charge on any atom is -0.497 e. The monoisotopic (exact) mass is 293 g/mol. The van der Waals surface area contributed by atoms with E-state index in [0.717, 1.165) is 30.9 Å². The molecule has 0 aliphatic heterocycles. The van der Waals surface area contributed by atoms with Crippen molar-refractivity contribution in [3.05, 3.63) is 24.3 Å². The fourth-order valence-corrected chi connectivity index (χ4v) is 2.25. The summed E-state index contributed by atoms with van der Waals surface area (Å²) in [6, 6.07) is 8.01. The van der Waals surface area contributed by atoms with Crippen LogP contribution in [-0.2, 0) is 4.79 Å². The molecule has 1 aliphatic rings. The zero-order chi connectivity index (χ0) is 15.2. The van der Waals surface area contributed by atoms with Crippen LogP contribution in [-0.4, -0.2) is 48.8 Å². The van der Waals surface area contributed by atoms with Crippen LogP contribution < -0.4 is 9.47 Å². The molecule has 0 saturated heterocycles. The highest BCUT2D eigenvalue weighted by molar-refractivity contribution is 5.69. The first kappa shape index (κ1) is 15.6. The zero-order valence-electron chi connectivity index (χ0n) is 12.6. The molecule has 1 aliphatic carbocycles. The highest BCUT2D eigenvalue weighted by atomic mass is 16.5. The van der Waals surface area contributed by atoms with Gasteiger partial charge in [0, 0.05) is 19.1 Å². The topological polar surface area (TPSA) is 59.0 Å². The highest BCUT2D eigenvalue weighted by Crippen LogP contribution is 2.27. The third-order valence-electron chi connectivity index (χ3n) is 3.70. The van der Waals surface area contributed by atoms with Gasteiger partial charge in [0.2, 0.25) is 0 Å². The van der Waals surface area contributed by atoms with Crippen LogP contribution in [0.25, 0.3) is 0 Å². The molecule has 0 aromatic heterocycles. The van der Waals surface area contributed by atoms with Gasteiger partial charge >= 0.3 is 5.97 Å². The van der Waals surface area contributed by atoms with Crippen molar-refractivity contribution in [1.29, 1.82) is 0 Å². The first-order chi connectivity index (χ1) is 10.1. The molecule has 116 valence electrons. The second-order valence-corrected chi connectivity index (χ2v) is 5.49. The summed E-state index contributed by atoms with van der Waals surface area (Å²) < 4.78 is 10.8. The van der Waals surface area contributed by atoms with E-state index in [2.05, 4.69) is 4.90 Å². The van der Waals surface area contributed by atoms with Crippen molar-refractivity contribution in [2.24, 2.45) is 5.92 Å². The SMILES string of the molecule is COc1ccc(OCCN(CC(C)C(=O)O)C2CC2)cc1. The van der Waals surface area contributed by atoms with E-state index in [1.165, 1.54) is 0 Å². The summed E-state index contributed by atoms with van der Waals surface area (Å²) in [7, 11) is 1.63. The van der Waals surface area contributed by atoms with E-state index >= 15 is 0 Å². The average Bonchev–Trinajstić information content (AvgIpc) is 3.31. The van der Waals surface area contributed by atoms with Crippen molar-refractivity contribution in [2.75, 3.05) is 26.8 Å². The molecule has 1 saturated carbocycles. The Morgan fingerprint density at radius 1 is 1.33 bits per heavy atom. The third-order valence-corrected chi connectivity index (χ3v) is 3.70. The molecule has 1 fully saturated rings. The molecule has 5 nitrogen and oxygen atoms in total. The van der Waals surface area contributed by atoms with Crippen molar-refractivity contribution in [3.63, 3.8) is 0 Å². The highest BCUT2D eigenvalue weighted by Gasteiger charge is 2.30. The van der Waals surface area contributed by atoms with E-state index in [0.29, 0.717) is 19.2 Å². The van der Waals surface area contributed by atoms with Crippen molar-refractivity contribution < 1.29 is 19.4 Å². The van der Waals surface area contributed by atoms with Crippen LogP contribution in [0.3, 0.4) is 0 Å². The van der Waals surface area contributed by atoms with Crippen molar-refractivity contribution in [1.82, 2.24) is 4.90 Å². The summed E-state index contributed by atoms with van der Waals surface area (Å²) in [6.45, 7) is 3.66. The fourth-order valence-electron chi connectivity index (χ4n) is 2.25. The standard InChI is InChI=1S/C16H23NO4/c1-12(16(18)19)11-17(13-3-4-13)9-10-21-15-7-5-14(20-2)6-8-15/h5-8,12-13H,3-4,9-11H2,1-2H3,(H,18,19). The van der Waals surface area contributed by atoms with Crippen molar-refractivity contribution in [3.8, 4) is 11.5 Å². The van der Waals surface area contributed by atoms with E-state index < -0.39 is 5.97 Å². The summed E-state index contributed by atoms with van der Waals surface area (Å²) >= 11 is 0. The minimum atomic E-state index is -0.739. The molecular weight excluding hydrogens is 270 g/mol. The number of benzene rings is 1. The lowest BCUT2D eigenvalue weighted by Gasteiger charge is -2.23. The Labute approximate surface area is 125 Å². The molecule has 5 heteroatoms. The molecule has 1 unspecified atom stereocenters. The molecule has 0 heterocycles. The van der Waals surface area contributed by atoms with E-state index in [4.69, 9.17) is 14.6 Å². The van der Waals surface area contributed by atoms with Gasteiger partial charge in [0.05, 0.1) is 13.0 Å². The fraction of sp³-hybridized carbons (Fsp3) is 0.562. The molecule has 1 atom stereocenters. The number of aliphatic carboxylic acids is 1. The lowest BCUT2D eigenvalue weighted by Crippen LogP contribution is -2.36. The van der Waals surface area contributed by atoms with E-state index in [9.17, 15) is 4.79 Å². The smallest absolute Gasteiger partial charge is 0.307 e. The van der Waals surface area contributed by atoms with Gasteiger partial charge in [0.15, 0.2) is 0 Å². The summed E-state index contributed by atoms with van der Waals surface area (Å²) in [4.78, 5) is 13.2. The van der Waals surface area contributed by atoms with Gasteiger partial charge in [-0.05, 0) is 37.1 Å². The number of methoxy groups -OCH3 is 1. The second kappa shape index (κ2) is 7.31. The average molecular weight is 293 g/mol. The minimum absolute atomic E-state index is 0.341. The van der Waals surface area contributed by atoms with E-state index in [1.54, 1.807) is 14.0 Å². The summed E-state index contributed by atoms with van der Waals surface area (Å²) in [6.07, 6.45) is 2.32. The van der Waals surface area contributed by atoms with Crippen LogP contribution >= 0.6 is 0 Å². The predicted molar refractivity (Wildman–Crippen MR) is 79.9 cm³/mol. The maximum atomic E-state index is 11.0. The van der Waals surface area contributed by atoms with Crippen molar-refractivity contribution >= 4 is 5.97 Å². The van der Waals surface area contributed by atoms with Crippen LogP contribution in [0, 0.1) is 5.92 Å². The zero-order valence-corrected chi connectivity index (χ0v) is 12.6. The number of carbonyl (C=O) groups is 1. The van der Waals surface area contributed by atoms with Crippen LogP contribution in [0.15, 0.2) is 24.3 Å². The van der Waals surface area contributed by atoms with Gasteiger partial charge in [-0.15, -0.1) is 0 Å². The Kier molecular flexibility index (Phi) is 5.44. The van der Waals surface area contributed by atoms with Gasteiger partial charge in [0.25, 0.3) is 0 Å². The van der Waals surface area contributed by atoms with Gasteiger partial charge in [-0.25, -0.2) is 0 Å². The first-order valence-electron chi connectivity index (χ1n) is 7.34. The second-order valence-electron chi connectivity index (χ2n) is 5.49. The molecule has 0 spiro atoms. The number of carboxylic acid groups (broad SMARTS) is 1. The van der Waals surface area contributed by atoms with Gasteiger partial charge in [-0.1, -0.05) is 6.92 Å². The van der Waals surface area contributed by atoms with Gasteiger partial charge in [-0.2, -0.15) is 0 Å². The quantitative estimate of drug-likeness (QED) is 0.757. The Morgan fingerprint density at radius 3 is 2.48 bits per heavy atom. The molecule has 1 N–H and O–H groups in total. The van der Waals surface area contributed by atoms with E-state index in [-0.39, 0.29) is 5.92 Å². The van der Waals surface area contributed by atoms with Crippen LogP contribution in [0.4, 0.5) is 0 Å². The molecule has 21 heavy (non-hydrogen) atoms. The largest absolute Gasteiger partial charge is 0.497 e. The molecule has 0 amide bonds. The molecule has 0 radical (unpaired) electrons. The maximum absolute atomic E-state index is 11.0. The predicted octanol–water partition coefficient (Wildman–Crippen LogP) is 2.26. The first-order valence-corrected chi connectivity index (χ1v) is 7.34. The Morgan fingerprint density at radius 2 is 1.95 bits per heavy atom. The Balaban J connectivity index is 1.77. The summed E-state index contributed by atoms with van der Waals surface area (Å²) in [5, 5.41) is 9.02. The number of rotatable bonds is 9. The number of ether oxygens (including phenoxy) is 2. The number of nitrogens with zero attached hydrogens (tertiary/aromatic N) is 1. The Bertz CT molecular complexity index is 456. The number of hydrogen-bond acceptors (Lipinski definition) is 4. The van der Waals surface area contributed by atoms with Crippen LogP contribution in [0.5, 0.6) is 11.5 Å². The molecule has 0 bridgehead atoms. The normalized spacial score (nSPS) is 15.8. The molecule has 2 rings (SSSR count). The van der Waals surface area contributed by atoms with Crippen molar-refractivity contribution in [2.45, 2.75) is 25.8 Å². The van der Waals surface area contributed by atoms with E-state index in [1.807, 2.05) is 24.3 Å². The number of carboxylic acids is 1. The lowest BCUT2D eigenvalue weighted by molar-refractivity contribution is -0.141. The van der Waals surface area contributed by atoms with Gasteiger partial charge < -0.3 is 14.6 Å². The molecular formula is C16H23NO4. The maximum Gasteiger partial charge on any atom is 0.307 e. The van der Waals surface area contributed by atoms with Gasteiger partial charge in [0.1, 0.15) is 18.1 Å². The number of hydrogen-bond donors (Lipinski definition) is 1. The van der Waals surface area contributed by atoms with Gasteiger partial charge in [-0.3, -0.25) is 9.69 Å². The van der Waals surface area contributed by atoms with Crippen LogP contribution in [0.2, 0.25) is 0 Å². The molecule has 1 aromatic carbocycles. The summed E-state index contributed by atoms with van der Waals surface area (Å²) in [5.74, 6) is 0.526. The Hall–Kier alpha value is -1.75. The molecule has 1 aromatic rings. The summed E-state index contributed by atoms with van der Waals surface area (Å²) in [5.41, 5.74) is 0. The van der Waals surface area contributed by atoms with Crippen LogP contribution in [0.1, 0.15) is 19.8 Å². The third kappa shape index (κ3) is 4.93. The lowest BCUT2D eigenvalue weighted by atomic mass is 10.1.